The number of rotatable bonds is 1. The van der Waals surface area contributed by atoms with E-state index in [1.165, 1.54) is 0 Å². The van der Waals surface area contributed by atoms with Crippen LogP contribution in [0.1, 0.15) is 44.0 Å². The van der Waals surface area contributed by atoms with Crippen LogP contribution in [0.25, 0.3) is 0 Å². The third-order valence-electron chi connectivity index (χ3n) is 4.17. The molecule has 0 spiro atoms. The van der Waals surface area contributed by atoms with Crippen molar-refractivity contribution in [3.8, 4) is 0 Å². The number of benzene rings is 1. The van der Waals surface area contributed by atoms with Crippen LogP contribution in [0.5, 0.6) is 0 Å². The van der Waals surface area contributed by atoms with Gasteiger partial charge >= 0.3 is 0 Å². The molecule has 1 aromatic rings. The van der Waals surface area contributed by atoms with E-state index in [0.29, 0.717) is 21.9 Å². The Morgan fingerprint density at radius 2 is 1.90 bits per heavy atom. The third-order valence-corrected chi connectivity index (χ3v) is 5.09. The molecule has 0 atom stereocenters. The monoisotopic (exact) mass is 357 g/mol. The van der Waals surface area contributed by atoms with Crippen LogP contribution in [0.4, 0.5) is 0 Å². The Bertz CT molecular complexity index is 502. The van der Waals surface area contributed by atoms with Gasteiger partial charge in [0.1, 0.15) is 0 Å². The lowest BCUT2D eigenvalue weighted by Crippen LogP contribution is -2.41. The maximum absolute atomic E-state index is 12.6. The average Bonchev–Trinajstić information content (AvgIpc) is 2.40. The van der Waals surface area contributed by atoms with Gasteiger partial charge in [0.15, 0.2) is 0 Å². The zero-order chi connectivity index (χ0) is 14.9. The number of amides is 1. The van der Waals surface area contributed by atoms with Crippen LogP contribution >= 0.6 is 27.5 Å². The molecule has 2 nitrogen and oxygen atoms in total. The molecule has 0 aromatic heterocycles. The Kier molecular flexibility index (Phi) is 4.80. The van der Waals surface area contributed by atoms with Gasteiger partial charge in [-0.25, -0.2) is 0 Å². The van der Waals surface area contributed by atoms with Crippen molar-refractivity contribution in [2.75, 3.05) is 13.1 Å². The highest BCUT2D eigenvalue weighted by atomic mass is 79.9. The maximum atomic E-state index is 12.6. The van der Waals surface area contributed by atoms with E-state index in [1.54, 1.807) is 12.1 Å². The summed E-state index contributed by atoms with van der Waals surface area (Å²) in [5, 5.41) is 0.598. The van der Waals surface area contributed by atoms with Gasteiger partial charge in [0.25, 0.3) is 5.91 Å². The van der Waals surface area contributed by atoms with Crippen molar-refractivity contribution >= 4 is 33.4 Å². The standard InChI is InChI=1S/C16H21BrClNO/c1-16(2,3)11-6-8-19(9-7-11)15(20)13-10-12(18)4-5-14(13)17/h4-5,10-11H,6-9H2,1-3H3. The second-order valence-corrected chi connectivity index (χ2v) is 7.85. The highest BCUT2D eigenvalue weighted by molar-refractivity contribution is 9.10. The molecule has 110 valence electrons. The quantitative estimate of drug-likeness (QED) is 0.691. The molecule has 2 rings (SSSR count). The molecule has 0 aliphatic carbocycles. The number of nitrogens with zero attached hydrogens (tertiary/aromatic N) is 1. The first-order chi connectivity index (χ1) is 9.29. The topological polar surface area (TPSA) is 20.3 Å². The molecule has 0 radical (unpaired) electrons. The molecule has 0 bridgehead atoms. The summed E-state index contributed by atoms with van der Waals surface area (Å²) in [6.07, 6.45) is 2.15. The van der Waals surface area contributed by atoms with Crippen molar-refractivity contribution in [3.05, 3.63) is 33.3 Å². The number of piperidine rings is 1. The molecule has 0 saturated carbocycles. The molecule has 1 heterocycles. The second-order valence-electron chi connectivity index (χ2n) is 6.56. The molecule has 1 fully saturated rings. The van der Waals surface area contributed by atoms with E-state index >= 15 is 0 Å². The van der Waals surface area contributed by atoms with Gasteiger partial charge in [-0.3, -0.25) is 4.79 Å². The summed E-state index contributed by atoms with van der Waals surface area (Å²) < 4.78 is 0.810. The zero-order valence-electron chi connectivity index (χ0n) is 12.2. The molecule has 20 heavy (non-hydrogen) atoms. The smallest absolute Gasteiger partial charge is 0.255 e. The van der Waals surface area contributed by atoms with E-state index in [2.05, 4.69) is 36.7 Å². The molecule has 4 heteroatoms. The zero-order valence-corrected chi connectivity index (χ0v) is 14.6. The van der Waals surface area contributed by atoms with Gasteiger partial charge in [0, 0.05) is 22.6 Å². The number of hydrogen-bond acceptors (Lipinski definition) is 1. The highest BCUT2D eigenvalue weighted by Crippen LogP contribution is 2.35. The van der Waals surface area contributed by atoms with Gasteiger partial charge in [-0.05, 0) is 58.3 Å². The van der Waals surface area contributed by atoms with Gasteiger partial charge in [0.05, 0.1) is 5.56 Å². The minimum absolute atomic E-state index is 0.0757. The van der Waals surface area contributed by atoms with Crippen LogP contribution in [0.15, 0.2) is 22.7 Å². The Balaban J connectivity index is 2.07. The summed E-state index contributed by atoms with van der Waals surface area (Å²) in [6.45, 7) is 8.51. The van der Waals surface area contributed by atoms with Gasteiger partial charge in [-0.15, -0.1) is 0 Å². The van der Waals surface area contributed by atoms with Crippen molar-refractivity contribution in [2.45, 2.75) is 33.6 Å². The Morgan fingerprint density at radius 3 is 2.45 bits per heavy atom. The van der Waals surface area contributed by atoms with Crippen LogP contribution in [0.2, 0.25) is 5.02 Å². The van der Waals surface area contributed by atoms with E-state index < -0.39 is 0 Å². The van der Waals surface area contributed by atoms with E-state index in [9.17, 15) is 4.79 Å². The highest BCUT2D eigenvalue weighted by Gasteiger charge is 2.31. The van der Waals surface area contributed by atoms with Crippen LogP contribution in [-0.2, 0) is 0 Å². The fourth-order valence-electron chi connectivity index (χ4n) is 2.78. The van der Waals surface area contributed by atoms with Crippen molar-refractivity contribution < 1.29 is 4.79 Å². The Labute approximate surface area is 134 Å². The lowest BCUT2D eigenvalue weighted by atomic mass is 9.75. The first-order valence-corrected chi connectivity index (χ1v) is 8.20. The van der Waals surface area contributed by atoms with E-state index in [0.717, 1.165) is 30.4 Å². The summed E-state index contributed by atoms with van der Waals surface area (Å²) in [5.41, 5.74) is 0.984. The van der Waals surface area contributed by atoms with Crippen molar-refractivity contribution in [3.63, 3.8) is 0 Å². The Morgan fingerprint density at radius 1 is 1.30 bits per heavy atom. The SMILES string of the molecule is CC(C)(C)C1CCN(C(=O)c2cc(Cl)ccc2Br)CC1. The minimum atomic E-state index is 0.0757. The first kappa shape index (κ1) is 15.8. The lowest BCUT2D eigenvalue weighted by molar-refractivity contribution is 0.0608. The maximum Gasteiger partial charge on any atom is 0.255 e. The largest absolute Gasteiger partial charge is 0.339 e. The van der Waals surface area contributed by atoms with E-state index in [4.69, 9.17) is 11.6 Å². The van der Waals surface area contributed by atoms with Crippen molar-refractivity contribution in [1.82, 2.24) is 4.90 Å². The summed E-state index contributed by atoms with van der Waals surface area (Å²) >= 11 is 9.43. The van der Waals surface area contributed by atoms with Crippen LogP contribution < -0.4 is 0 Å². The van der Waals surface area contributed by atoms with Gasteiger partial charge in [-0.1, -0.05) is 32.4 Å². The molecule has 1 amide bonds. The van der Waals surface area contributed by atoms with E-state index in [1.807, 2.05) is 11.0 Å². The summed E-state index contributed by atoms with van der Waals surface area (Å²) in [7, 11) is 0. The van der Waals surface area contributed by atoms with E-state index in [-0.39, 0.29) is 5.91 Å². The number of likely N-dealkylation sites (tertiary alicyclic amines) is 1. The van der Waals surface area contributed by atoms with Crippen LogP contribution in [0.3, 0.4) is 0 Å². The van der Waals surface area contributed by atoms with Gasteiger partial charge in [0.2, 0.25) is 0 Å². The number of carbonyl (C=O) groups excluding carboxylic acids is 1. The van der Waals surface area contributed by atoms with Crippen LogP contribution in [0, 0.1) is 11.3 Å². The number of hydrogen-bond donors (Lipinski definition) is 0. The summed E-state index contributed by atoms with van der Waals surface area (Å²) in [6, 6.07) is 5.36. The lowest BCUT2D eigenvalue weighted by Gasteiger charge is -2.38. The minimum Gasteiger partial charge on any atom is -0.339 e. The molecule has 1 aromatic carbocycles. The average molecular weight is 359 g/mol. The predicted octanol–water partition coefficient (Wildman–Crippen LogP) is 5.00. The molecule has 0 N–H and O–H groups in total. The second kappa shape index (κ2) is 6.07. The molecular formula is C16H21BrClNO. The molecular weight excluding hydrogens is 338 g/mol. The molecule has 1 aliphatic heterocycles. The molecule has 1 saturated heterocycles. The van der Waals surface area contributed by atoms with Crippen molar-refractivity contribution in [1.29, 1.82) is 0 Å². The summed E-state index contributed by atoms with van der Waals surface area (Å²) in [5.74, 6) is 0.765. The molecule has 1 aliphatic rings. The van der Waals surface area contributed by atoms with Crippen LogP contribution in [-0.4, -0.2) is 23.9 Å². The molecule has 0 unspecified atom stereocenters. The first-order valence-electron chi connectivity index (χ1n) is 7.03. The Hall–Kier alpha value is -0.540. The fourth-order valence-corrected chi connectivity index (χ4v) is 3.37. The van der Waals surface area contributed by atoms with Crippen molar-refractivity contribution in [2.24, 2.45) is 11.3 Å². The van der Waals surface area contributed by atoms with Gasteiger partial charge < -0.3 is 4.90 Å². The normalized spacial score (nSPS) is 17.4. The predicted molar refractivity (Wildman–Crippen MR) is 87.2 cm³/mol. The fraction of sp³-hybridized carbons (Fsp3) is 0.562. The van der Waals surface area contributed by atoms with Gasteiger partial charge in [-0.2, -0.15) is 0 Å². The number of halogens is 2. The summed E-state index contributed by atoms with van der Waals surface area (Å²) in [4.78, 5) is 14.5. The third kappa shape index (κ3) is 3.56. The number of carbonyl (C=O) groups is 1.